The Balaban J connectivity index is 0.00000316. The average Bonchev–Trinajstić information content (AvgIpc) is 3.72. The second-order valence-electron chi connectivity index (χ2n) is 16.6. The molecular weight excluding hydrogens is 836 g/mol. The molecule has 16 heteroatoms. The third-order valence-corrected chi connectivity index (χ3v) is 15.4. The van der Waals surface area contributed by atoms with Crippen molar-refractivity contribution in [3.63, 3.8) is 0 Å². The van der Waals surface area contributed by atoms with Gasteiger partial charge in [0.2, 0.25) is 5.78 Å². The molecule has 5 aliphatic rings. The van der Waals surface area contributed by atoms with E-state index in [9.17, 15) is 34.1 Å². The molecule has 9 unspecified atom stereocenters. The van der Waals surface area contributed by atoms with Gasteiger partial charge in [-0.3, -0.25) is 14.4 Å². The first-order valence-corrected chi connectivity index (χ1v) is 23.6. The number of aliphatic hydroxyl groups excluding tert-OH is 1. The first-order valence-electron chi connectivity index (χ1n) is 21.3. The maximum Gasteiger partial charge on any atom is 0.407 e. The van der Waals surface area contributed by atoms with Gasteiger partial charge in [0.25, 0.3) is 0 Å². The number of Topliss-reactive ketones (excluding diaryl/α,β-unsaturated/α-hetero) is 1. The van der Waals surface area contributed by atoms with E-state index in [1.54, 1.807) is 12.2 Å². The van der Waals surface area contributed by atoms with Gasteiger partial charge in [0.15, 0.2) is 18.7 Å². The summed E-state index contributed by atoms with van der Waals surface area (Å²) in [4.78, 5) is 73.2. The molecule has 7 rings (SSSR count). The molecule has 2 aromatic carbocycles. The number of hydrogen-bond acceptors (Lipinski definition) is 13. The van der Waals surface area contributed by atoms with E-state index in [1.807, 2.05) is 70.2 Å². The van der Waals surface area contributed by atoms with Gasteiger partial charge in [-0.05, 0) is 78.3 Å². The Kier molecular flexibility index (Phi) is 15.8. The molecule has 0 aromatic heterocycles. The van der Waals surface area contributed by atoms with Gasteiger partial charge in [0, 0.05) is 42.6 Å². The molecule has 0 spiro atoms. The summed E-state index contributed by atoms with van der Waals surface area (Å²) in [7, 11) is -5.43. The molecule has 0 heterocycles. The van der Waals surface area contributed by atoms with Crippen LogP contribution in [0.5, 0.6) is 0 Å². The molecule has 4 N–H and O–H groups in total. The molecule has 0 aliphatic heterocycles. The maximum atomic E-state index is 14.2. The molecule has 1 amide bonds. The number of ether oxygens (including phenoxy) is 3. The number of aliphatic hydroxyl groups is 1. The highest BCUT2D eigenvalue weighted by Gasteiger charge is 2.70. The Morgan fingerprint density at radius 2 is 1.68 bits per heavy atom. The Morgan fingerprint density at radius 1 is 1.00 bits per heavy atom. The molecule has 0 bridgehead atoms. The Labute approximate surface area is 366 Å². The van der Waals surface area contributed by atoms with Gasteiger partial charge in [-0.2, -0.15) is 0 Å². The number of fused-ring (bicyclic) bond motifs is 8. The zero-order valence-corrected chi connectivity index (χ0v) is 37.8. The first-order chi connectivity index (χ1) is 29.7. The molecule has 14 nitrogen and oxygen atoms in total. The SMILES string of the molecule is C=CCC(O)O[C@]1(C(=O)COC(C)=O)CCC2C3CCC4=CC(=O)C=CC4(C)C3C(OP(O)OP(O)OCCNC(=O)OCC3c4ccccc4-c4ccccc43)CC21C.CC. The lowest BCUT2D eigenvalue weighted by Crippen LogP contribution is -2.63. The summed E-state index contributed by atoms with van der Waals surface area (Å²) in [6, 6.07) is 16.1. The predicted octanol–water partition coefficient (Wildman–Crippen LogP) is 8.11. The lowest BCUT2D eigenvalue weighted by Gasteiger charge is -2.61. The van der Waals surface area contributed by atoms with Crippen LogP contribution in [0.3, 0.4) is 0 Å². The second kappa shape index (κ2) is 20.4. The van der Waals surface area contributed by atoms with Gasteiger partial charge in [-0.1, -0.05) is 94.0 Å². The smallest absolute Gasteiger partial charge is 0.407 e. The number of allylic oxidation sites excluding steroid dienone is 4. The van der Waals surface area contributed by atoms with Crippen molar-refractivity contribution in [3.05, 3.63) is 96.1 Å². The molecule has 336 valence electrons. The van der Waals surface area contributed by atoms with Crippen LogP contribution in [0.25, 0.3) is 11.1 Å². The molecule has 0 radical (unpaired) electrons. The predicted molar refractivity (Wildman–Crippen MR) is 233 cm³/mol. The molecule has 3 fully saturated rings. The van der Waals surface area contributed by atoms with E-state index in [0.29, 0.717) is 19.3 Å². The summed E-state index contributed by atoms with van der Waals surface area (Å²) in [5, 5.41) is 13.6. The van der Waals surface area contributed by atoms with Crippen LogP contribution in [0.1, 0.15) is 90.2 Å². The summed E-state index contributed by atoms with van der Waals surface area (Å²) in [5.41, 5.74) is 2.15. The highest BCUT2D eigenvalue weighted by atomic mass is 31.2. The minimum absolute atomic E-state index is 0.0184. The van der Waals surface area contributed by atoms with Crippen molar-refractivity contribution in [3.8, 4) is 11.1 Å². The number of rotatable bonds is 17. The highest BCUT2D eigenvalue weighted by Crippen LogP contribution is 2.70. The van der Waals surface area contributed by atoms with Crippen molar-refractivity contribution < 1.29 is 61.6 Å². The zero-order valence-electron chi connectivity index (χ0n) is 36.0. The third-order valence-electron chi connectivity index (χ3n) is 13.4. The van der Waals surface area contributed by atoms with E-state index in [0.717, 1.165) is 27.8 Å². The van der Waals surface area contributed by atoms with Gasteiger partial charge in [-0.15, -0.1) is 6.58 Å². The van der Waals surface area contributed by atoms with Crippen molar-refractivity contribution >= 4 is 40.8 Å². The summed E-state index contributed by atoms with van der Waals surface area (Å²) in [6.45, 7) is 12.3. The van der Waals surface area contributed by atoms with Crippen molar-refractivity contribution in [2.45, 2.75) is 97.1 Å². The van der Waals surface area contributed by atoms with E-state index in [2.05, 4.69) is 24.0 Å². The molecule has 62 heavy (non-hydrogen) atoms. The Bertz CT molecular complexity index is 2000. The van der Waals surface area contributed by atoms with E-state index in [-0.39, 0.29) is 68.5 Å². The summed E-state index contributed by atoms with van der Waals surface area (Å²) in [5.74, 6) is -1.82. The van der Waals surface area contributed by atoms with Gasteiger partial charge >= 0.3 is 29.3 Å². The van der Waals surface area contributed by atoms with Crippen molar-refractivity contribution in [1.82, 2.24) is 5.32 Å². The molecule has 0 saturated heterocycles. The van der Waals surface area contributed by atoms with Crippen LogP contribution in [0.15, 0.2) is 85.0 Å². The molecule has 5 aliphatic carbocycles. The summed E-state index contributed by atoms with van der Waals surface area (Å²) in [6.07, 6.45) is 6.09. The first kappa shape index (κ1) is 47.8. The molecule has 10 atom stereocenters. The number of benzene rings is 2. The number of ketones is 2. The van der Waals surface area contributed by atoms with Gasteiger partial charge in [0.1, 0.15) is 12.2 Å². The quantitative estimate of drug-likeness (QED) is 0.0391. The number of alkyl carbamates (subject to hydrolysis) is 1. The topological polar surface area (TPSA) is 196 Å². The van der Waals surface area contributed by atoms with E-state index >= 15 is 0 Å². The van der Waals surface area contributed by atoms with E-state index < -0.39 is 70.5 Å². The Morgan fingerprint density at radius 3 is 2.34 bits per heavy atom. The second-order valence-corrected chi connectivity index (χ2v) is 18.7. The fraction of sp³-hybridized carbons (Fsp3) is 0.522. The number of nitrogens with one attached hydrogen (secondary N) is 1. The number of carbonyl (C=O) groups is 4. The van der Waals surface area contributed by atoms with Crippen LogP contribution < -0.4 is 5.32 Å². The van der Waals surface area contributed by atoms with Crippen LogP contribution in [0.4, 0.5) is 4.79 Å². The largest absolute Gasteiger partial charge is 0.458 e. The average molecular weight is 896 g/mol. The van der Waals surface area contributed by atoms with Crippen LogP contribution in [-0.4, -0.2) is 82.9 Å². The zero-order chi connectivity index (χ0) is 44.8. The molecular formula is C46H59NO13P2. The normalized spacial score (nSPS) is 29.5. The number of amides is 1. The van der Waals surface area contributed by atoms with E-state index in [1.165, 1.54) is 13.0 Å². The minimum atomic E-state index is -2.77. The maximum absolute atomic E-state index is 14.2. The van der Waals surface area contributed by atoms with Crippen molar-refractivity contribution in [2.75, 3.05) is 26.4 Å². The number of hydrogen-bond donors (Lipinski definition) is 4. The molecule has 3 saturated carbocycles. The highest BCUT2D eigenvalue weighted by molar-refractivity contribution is 7.54. The number of esters is 1. The molecule has 2 aromatic rings. The Hall–Kier alpha value is -3.68. The fourth-order valence-corrected chi connectivity index (χ4v) is 12.5. The number of carbonyl (C=O) groups excluding carboxylic acids is 4. The minimum Gasteiger partial charge on any atom is -0.458 e. The standard InChI is InChI=1S/C44H53NO13P2.C2H6/c1-5-10-39(49)56-44(38(48)26-53-27(2)46)20-18-36-34-16-15-28-23-29(47)17-19-42(28,3)40(34)37(24-43(36,44)4)57-60(52)58-59(51)55-22-21-45-41(50)54-25-35-32-13-8-6-11-30(32)31-12-7-9-14-33(31)35;1-2/h5-9,11-14,17,19,23,34-37,39-40,49,51-52H,1,10,15-16,18,20-22,24-26H2,2-4H3,(H,45,50);1-2H3/t34?,36?,37?,39?,40?,42?,43?,44-,59?,60?;/m0./s1. The van der Waals surface area contributed by atoms with Crippen LogP contribution in [-0.2, 0) is 42.0 Å². The third kappa shape index (κ3) is 9.55. The van der Waals surface area contributed by atoms with Crippen molar-refractivity contribution in [2.24, 2.45) is 28.6 Å². The summed E-state index contributed by atoms with van der Waals surface area (Å²) < 4.78 is 34.3. The van der Waals surface area contributed by atoms with Crippen LogP contribution in [0.2, 0.25) is 0 Å². The van der Waals surface area contributed by atoms with Crippen LogP contribution in [0, 0.1) is 28.6 Å². The lowest BCUT2D eigenvalue weighted by molar-refractivity contribution is -0.238. The van der Waals surface area contributed by atoms with Crippen molar-refractivity contribution in [1.29, 1.82) is 0 Å². The monoisotopic (exact) mass is 895 g/mol. The van der Waals surface area contributed by atoms with Gasteiger partial charge in [-0.25, -0.2) is 9.11 Å². The van der Waals surface area contributed by atoms with Crippen LogP contribution >= 0.6 is 17.2 Å². The fourth-order valence-electron chi connectivity index (χ4n) is 10.9. The lowest BCUT2D eigenvalue weighted by atomic mass is 9.46. The summed E-state index contributed by atoms with van der Waals surface area (Å²) >= 11 is 0. The van der Waals surface area contributed by atoms with Gasteiger partial charge < -0.3 is 43.5 Å². The van der Waals surface area contributed by atoms with E-state index in [4.69, 9.17) is 27.6 Å². The van der Waals surface area contributed by atoms with Gasteiger partial charge in [0.05, 0.1) is 12.7 Å².